The molecule has 1 unspecified atom stereocenters. The lowest BCUT2D eigenvalue weighted by molar-refractivity contribution is 0.0942. The lowest BCUT2D eigenvalue weighted by Crippen LogP contribution is -2.35. The van der Waals surface area contributed by atoms with Gasteiger partial charge in [-0.05, 0) is 30.9 Å². The molecular formula is C17H18N4O3S2. The summed E-state index contributed by atoms with van der Waals surface area (Å²) >= 11 is 1.64. The largest absolute Gasteiger partial charge is 0.348 e. The van der Waals surface area contributed by atoms with Crippen LogP contribution in [0.1, 0.15) is 27.3 Å². The second-order valence-electron chi connectivity index (χ2n) is 6.50. The van der Waals surface area contributed by atoms with Gasteiger partial charge in [0.15, 0.2) is 15.5 Å². The summed E-state index contributed by atoms with van der Waals surface area (Å²) in [4.78, 5) is 18.4. The van der Waals surface area contributed by atoms with E-state index >= 15 is 0 Å². The molecule has 1 saturated heterocycles. The Morgan fingerprint density at radius 1 is 1.46 bits per heavy atom. The molecule has 0 spiro atoms. The molecule has 3 aromatic heterocycles. The van der Waals surface area contributed by atoms with Gasteiger partial charge in [-0.2, -0.15) is 5.10 Å². The van der Waals surface area contributed by atoms with Crippen LogP contribution in [0.5, 0.6) is 0 Å². The number of amides is 1. The third kappa shape index (κ3) is 3.36. The number of carbonyl (C=O) groups is 1. The zero-order valence-electron chi connectivity index (χ0n) is 14.2. The Hall–Kier alpha value is -2.26. The Bertz CT molecular complexity index is 1070. The van der Waals surface area contributed by atoms with Crippen molar-refractivity contribution in [2.75, 3.05) is 11.5 Å². The highest BCUT2D eigenvalue weighted by molar-refractivity contribution is 7.91. The van der Waals surface area contributed by atoms with E-state index in [1.807, 2.05) is 24.4 Å². The number of thiophene rings is 1. The highest BCUT2D eigenvalue weighted by Crippen LogP contribution is 2.21. The lowest BCUT2D eigenvalue weighted by Gasteiger charge is -2.12. The molecule has 1 atom stereocenters. The van der Waals surface area contributed by atoms with E-state index in [4.69, 9.17) is 0 Å². The van der Waals surface area contributed by atoms with Gasteiger partial charge in [0.25, 0.3) is 5.91 Å². The molecule has 4 rings (SSSR count). The van der Waals surface area contributed by atoms with Crippen LogP contribution >= 0.6 is 11.3 Å². The summed E-state index contributed by atoms with van der Waals surface area (Å²) in [6.07, 6.45) is 2.11. The molecule has 1 N–H and O–H groups in total. The molecular weight excluding hydrogens is 372 g/mol. The number of pyridine rings is 1. The number of aromatic nitrogens is 3. The fourth-order valence-electron chi connectivity index (χ4n) is 3.20. The highest BCUT2D eigenvalue weighted by Gasteiger charge is 2.29. The predicted octanol–water partition coefficient (Wildman–Crippen LogP) is 1.77. The molecule has 7 nitrogen and oxygen atoms in total. The van der Waals surface area contributed by atoms with E-state index in [1.165, 1.54) is 0 Å². The third-order valence-corrected chi connectivity index (χ3v) is 7.06. The molecule has 9 heteroatoms. The Balaban J connectivity index is 1.64. The summed E-state index contributed by atoms with van der Waals surface area (Å²) in [5.74, 6) is -0.149. The number of hydrogen-bond donors (Lipinski definition) is 1. The molecule has 136 valence electrons. The van der Waals surface area contributed by atoms with E-state index in [2.05, 4.69) is 15.4 Å². The highest BCUT2D eigenvalue weighted by atomic mass is 32.2. The summed E-state index contributed by atoms with van der Waals surface area (Å²) in [6, 6.07) is 5.40. The minimum atomic E-state index is -3.04. The normalized spacial score (nSPS) is 19.0. The van der Waals surface area contributed by atoms with Crippen molar-refractivity contribution in [3.63, 3.8) is 0 Å². The van der Waals surface area contributed by atoms with Crippen molar-refractivity contribution < 1.29 is 13.2 Å². The van der Waals surface area contributed by atoms with Crippen LogP contribution in [0, 0.1) is 6.92 Å². The number of nitrogens with one attached hydrogen (secondary N) is 1. The molecule has 3 aromatic rings. The van der Waals surface area contributed by atoms with Gasteiger partial charge in [0.2, 0.25) is 0 Å². The quantitative estimate of drug-likeness (QED) is 0.733. The van der Waals surface area contributed by atoms with Gasteiger partial charge in [-0.1, -0.05) is 6.07 Å². The fourth-order valence-corrected chi connectivity index (χ4v) is 5.56. The topological polar surface area (TPSA) is 94.0 Å². The lowest BCUT2D eigenvalue weighted by atomic mass is 10.1. The summed E-state index contributed by atoms with van der Waals surface area (Å²) in [7, 11) is -3.04. The molecule has 1 aliphatic heterocycles. The van der Waals surface area contributed by atoms with Crippen LogP contribution in [-0.2, 0) is 16.4 Å². The molecule has 1 aliphatic rings. The van der Waals surface area contributed by atoms with Crippen LogP contribution in [0.25, 0.3) is 11.0 Å². The molecule has 0 radical (unpaired) electrons. The molecule has 0 bridgehead atoms. The molecule has 1 amide bonds. The number of fused-ring (bicyclic) bond motifs is 1. The van der Waals surface area contributed by atoms with Crippen LogP contribution in [0.2, 0.25) is 0 Å². The van der Waals surface area contributed by atoms with Crippen molar-refractivity contribution >= 4 is 38.1 Å². The standard InChI is InChI=1S/C17H18N4O3S2/c1-11-7-14(17(22)20-12-4-6-26(23,24)10-12)15-8-18-21(16(15)19-11)9-13-3-2-5-25-13/h2-3,5,7-8,12H,4,6,9-10H2,1H3,(H,20,22). The van der Waals surface area contributed by atoms with E-state index < -0.39 is 9.84 Å². The number of rotatable bonds is 4. The Morgan fingerprint density at radius 2 is 2.31 bits per heavy atom. The van der Waals surface area contributed by atoms with E-state index in [-0.39, 0.29) is 23.5 Å². The first kappa shape index (κ1) is 17.2. The summed E-state index contributed by atoms with van der Waals surface area (Å²) in [5, 5.41) is 9.92. The van der Waals surface area contributed by atoms with Gasteiger partial charge in [0, 0.05) is 16.6 Å². The number of aryl methyl sites for hydroxylation is 1. The Labute approximate surface area is 155 Å². The van der Waals surface area contributed by atoms with Crippen molar-refractivity contribution in [2.45, 2.75) is 25.9 Å². The average molecular weight is 390 g/mol. The first-order valence-corrected chi connectivity index (χ1v) is 11.0. The molecule has 0 saturated carbocycles. The maximum atomic E-state index is 12.7. The minimum Gasteiger partial charge on any atom is -0.348 e. The predicted molar refractivity (Wildman–Crippen MR) is 100 cm³/mol. The molecule has 26 heavy (non-hydrogen) atoms. The van der Waals surface area contributed by atoms with E-state index in [0.717, 1.165) is 10.6 Å². The minimum absolute atomic E-state index is 0.00356. The Kier molecular flexibility index (Phi) is 4.28. The number of carbonyl (C=O) groups excluding carboxylic acids is 1. The van der Waals surface area contributed by atoms with Crippen LogP contribution in [0.15, 0.2) is 29.8 Å². The zero-order chi connectivity index (χ0) is 18.3. The van der Waals surface area contributed by atoms with Crippen LogP contribution in [0.3, 0.4) is 0 Å². The van der Waals surface area contributed by atoms with Gasteiger partial charge in [-0.25, -0.2) is 18.1 Å². The maximum Gasteiger partial charge on any atom is 0.252 e. The first-order valence-electron chi connectivity index (χ1n) is 8.28. The third-order valence-electron chi connectivity index (χ3n) is 4.44. The van der Waals surface area contributed by atoms with Gasteiger partial charge in [-0.15, -0.1) is 11.3 Å². The van der Waals surface area contributed by atoms with Crippen molar-refractivity contribution in [1.82, 2.24) is 20.1 Å². The van der Waals surface area contributed by atoms with Crippen molar-refractivity contribution in [3.8, 4) is 0 Å². The SMILES string of the molecule is Cc1cc(C(=O)NC2CCS(=O)(=O)C2)c2cnn(Cc3cccs3)c2n1. The number of nitrogens with zero attached hydrogens (tertiary/aromatic N) is 3. The second-order valence-corrected chi connectivity index (χ2v) is 9.76. The average Bonchev–Trinajstić information content (AvgIpc) is 3.29. The summed E-state index contributed by atoms with van der Waals surface area (Å²) in [6.45, 7) is 2.43. The first-order chi connectivity index (χ1) is 12.4. The number of hydrogen-bond acceptors (Lipinski definition) is 6. The summed E-state index contributed by atoms with van der Waals surface area (Å²) < 4.78 is 25.0. The Morgan fingerprint density at radius 3 is 3.00 bits per heavy atom. The zero-order valence-corrected chi connectivity index (χ0v) is 15.8. The molecule has 1 fully saturated rings. The van der Waals surface area contributed by atoms with Crippen LogP contribution in [0.4, 0.5) is 0 Å². The number of sulfone groups is 1. The van der Waals surface area contributed by atoms with Gasteiger partial charge >= 0.3 is 0 Å². The van der Waals surface area contributed by atoms with E-state index in [0.29, 0.717) is 29.6 Å². The molecule has 4 heterocycles. The van der Waals surface area contributed by atoms with E-state index in [1.54, 1.807) is 28.3 Å². The van der Waals surface area contributed by atoms with Crippen LogP contribution in [-0.4, -0.2) is 46.6 Å². The van der Waals surface area contributed by atoms with Gasteiger partial charge in [-0.3, -0.25) is 4.79 Å². The molecule has 0 aliphatic carbocycles. The maximum absolute atomic E-state index is 12.7. The van der Waals surface area contributed by atoms with Gasteiger partial charge in [0.05, 0.1) is 35.2 Å². The molecule has 0 aromatic carbocycles. The summed E-state index contributed by atoms with van der Waals surface area (Å²) in [5.41, 5.74) is 1.85. The monoisotopic (exact) mass is 390 g/mol. The van der Waals surface area contributed by atoms with Gasteiger partial charge in [0.1, 0.15) is 0 Å². The fraction of sp³-hybridized carbons (Fsp3) is 0.353. The van der Waals surface area contributed by atoms with Crippen LogP contribution < -0.4 is 5.32 Å². The van der Waals surface area contributed by atoms with E-state index in [9.17, 15) is 13.2 Å². The van der Waals surface area contributed by atoms with Crippen molar-refractivity contribution in [3.05, 3.63) is 45.9 Å². The van der Waals surface area contributed by atoms with Gasteiger partial charge < -0.3 is 5.32 Å². The van der Waals surface area contributed by atoms with Crippen molar-refractivity contribution in [2.24, 2.45) is 0 Å². The van der Waals surface area contributed by atoms with Crippen molar-refractivity contribution in [1.29, 1.82) is 0 Å². The second kappa shape index (κ2) is 6.48. The smallest absolute Gasteiger partial charge is 0.252 e.